The van der Waals surface area contributed by atoms with Gasteiger partial charge < -0.3 is 15.5 Å². The molecule has 6 heteroatoms. The van der Waals surface area contributed by atoms with E-state index < -0.39 is 0 Å². The van der Waals surface area contributed by atoms with Gasteiger partial charge in [-0.3, -0.25) is 14.4 Å². The van der Waals surface area contributed by atoms with E-state index in [0.29, 0.717) is 12.2 Å². The second-order valence-electron chi connectivity index (χ2n) is 6.52. The zero-order valence-electron chi connectivity index (χ0n) is 15.6. The van der Waals surface area contributed by atoms with E-state index in [-0.39, 0.29) is 36.6 Å². The molecule has 1 fully saturated rings. The van der Waals surface area contributed by atoms with Crippen LogP contribution in [-0.4, -0.2) is 30.8 Å². The number of hydrogen-bond acceptors (Lipinski definition) is 3. The Morgan fingerprint density at radius 2 is 1.82 bits per heavy atom. The summed E-state index contributed by atoms with van der Waals surface area (Å²) >= 11 is 0. The van der Waals surface area contributed by atoms with Crippen molar-refractivity contribution in [2.45, 2.75) is 13.3 Å². The highest BCUT2D eigenvalue weighted by Gasteiger charge is 2.34. The van der Waals surface area contributed by atoms with Gasteiger partial charge >= 0.3 is 0 Å². The summed E-state index contributed by atoms with van der Waals surface area (Å²) < 4.78 is 0. The van der Waals surface area contributed by atoms with E-state index in [1.54, 1.807) is 29.2 Å². The van der Waals surface area contributed by atoms with Crippen LogP contribution in [0.5, 0.6) is 0 Å². The van der Waals surface area contributed by atoms with Crippen LogP contribution < -0.4 is 15.5 Å². The van der Waals surface area contributed by atoms with Crippen LogP contribution in [-0.2, 0) is 14.4 Å². The zero-order valence-corrected chi connectivity index (χ0v) is 15.6. The average Bonchev–Trinajstić information content (AvgIpc) is 3.08. The number of amides is 3. The van der Waals surface area contributed by atoms with Gasteiger partial charge in [0.2, 0.25) is 17.7 Å². The fourth-order valence-electron chi connectivity index (χ4n) is 3.00. The van der Waals surface area contributed by atoms with Crippen LogP contribution in [0.4, 0.5) is 11.4 Å². The third kappa shape index (κ3) is 4.98. The quantitative estimate of drug-likeness (QED) is 0.804. The highest BCUT2D eigenvalue weighted by atomic mass is 16.2. The van der Waals surface area contributed by atoms with Gasteiger partial charge in [0.05, 0.1) is 12.5 Å². The highest BCUT2D eigenvalue weighted by Crippen LogP contribution is 2.24. The van der Waals surface area contributed by atoms with Gasteiger partial charge in [-0.05, 0) is 36.4 Å². The van der Waals surface area contributed by atoms with E-state index in [1.807, 2.05) is 30.3 Å². The normalized spacial score (nSPS) is 15.5. The van der Waals surface area contributed by atoms with Crippen LogP contribution in [0.3, 0.4) is 0 Å². The van der Waals surface area contributed by atoms with Crippen molar-refractivity contribution >= 4 is 29.1 Å². The number of nitrogens with one attached hydrogen (secondary N) is 2. The van der Waals surface area contributed by atoms with Gasteiger partial charge in [-0.2, -0.15) is 0 Å². The molecule has 0 saturated carbocycles. The first-order chi connectivity index (χ1) is 13.5. The number of nitrogens with zero attached hydrogens (tertiary/aromatic N) is 1. The molecule has 6 nitrogen and oxygen atoms in total. The van der Waals surface area contributed by atoms with E-state index >= 15 is 0 Å². The molecule has 1 atom stereocenters. The van der Waals surface area contributed by atoms with Crippen LogP contribution in [0.25, 0.3) is 0 Å². The van der Waals surface area contributed by atoms with Crippen molar-refractivity contribution in [1.82, 2.24) is 5.32 Å². The van der Waals surface area contributed by atoms with Gasteiger partial charge in [0.15, 0.2) is 0 Å². The minimum absolute atomic E-state index is 0.0447. The Labute approximate surface area is 163 Å². The Morgan fingerprint density at radius 1 is 1.11 bits per heavy atom. The summed E-state index contributed by atoms with van der Waals surface area (Å²) in [5, 5.41) is 5.47. The fraction of sp³-hybridized carbons (Fsp3) is 0.227. The molecule has 3 amide bonds. The molecular weight excluding hydrogens is 354 g/mol. The number of anilines is 2. The molecule has 2 aromatic rings. The minimum atomic E-state index is -0.369. The molecule has 0 spiro atoms. The van der Waals surface area contributed by atoms with Gasteiger partial charge in [-0.15, -0.1) is 0 Å². The molecule has 2 aromatic carbocycles. The lowest BCUT2D eigenvalue weighted by Crippen LogP contribution is -2.33. The molecule has 1 aliphatic heterocycles. The first kappa shape index (κ1) is 19.2. The van der Waals surface area contributed by atoms with Crippen molar-refractivity contribution in [2.24, 2.45) is 5.92 Å². The molecule has 2 N–H and O–H groups in total. The fourth-order valence-corrected chi connectivity index (χ4v) is 3.00. The highest BCUT2D eigenvalue weighted by molar-refractivity contribution is 6.00. The second-order valence-corrected chi connectivity index (χ2v) is 6.52. The maximum Gasteiger partial charge on any atom is 0.227 e. The lowest BCUT2D eigenvalue weighted by molar-refractivity contribution is -0.126. The summed E-state index contributed by atoms with van der Waals surface area (Å²) in [4.78, 5) is 37.2. The first-order valence-corrected chi connectivity index (χ1v) is 9.02. The summed E-state index contributed by atoms with van der Waals surface area (Å²) in [5.41, 5.74) is 2.31. The Balaban J connectivity index is 1.49. The predicted molar refractivity (Wildman–Crippen MR) is 108 cm³/mol. The van der Waals surface area contributed by atoms with Crippen molar-refractivity contribution in [3.05, 3.63) is 60.2 Å². The average molecular weight is 375 g/mol. The molecule has 1 heterocycles. The van der Waals surface area contributed by atoms with E-state index in [2.05, 4.69) is 22.5 Å². The Morgan fingerprint density at radius 3 is 2.50 bits per heavy atom. The summed E-state index contributed by atoms with van der Waals surface area (Å²) in [6.07, 6.45) is 0.207. The monoisotopic (exact) mass is 375 g/mol. The van der Waals surface area contributed by atoms with Crippen LogP contribution in [0.15, 0.2) is 54.6 Å². The SMILES string of the molecule is CC(=O)Nc1ccc(C#CCNC(=O)C2CC(=O)N(c3ccccc3)C2)cc1. The van der Waals surface area contributed by atoms with Gasteiger partial charge in [0, 0.05) is 36.8 Å². The third-order valence-corrected chi connectivity index (χ3v) is 4.35. The Hall–Kier alpha value is -3.59. The summed E-state index contributed by atoms with van der Waals surface area (Å²) in [7, 11) is 0. The van der Waals surface area contributed by atoms with Gasteiger partial charge in [-0.25, -0.2) is 0 Å². The Kier molecular flexibility index (Phi) is 6.07. The molecule has 0 radical (unpaired) electrons. The lowest BCUT2D eigenvalue weighted by Gasteiger charge is -2.16. The van der Waals surface area contributed by atoms with E-state index in [9.17, 15) is 14.4 Å². The standard InChI is InChI=1S/C22H21N3O3/c1-16(26)24-19-11-9-17(10-12-19)6-5-13-23-22(28)18-14-21(27)25(15-18)20-7-3-2-4-8-20/h2-4,7-12,18H,13-15H2,1H3,(H,23,28)(H,24,26). The minimum Gasteiger partial charge on any atom is -0.345 e. The molecule has 1 saturated heterocycles. The van der Waals surface area contributed by atoms with Crippen molar-refractivity contribution in [2.75, 3.05) is 23.3 Å². The first-order valence-electron chi connectivity index (χ1n) is 9.02. The number of para-hydroxylation sites is 1. The van der Waals surface area contributed by atoms with Gasteiger partial charge in [-0.1, -0.05) is 30.0 Å². The molecular formula is C22H21N3O3. The topological polar surface area (TPSA) is 78.5 Å². The second kappa shape index (κ2) is 8.87. The number of carbonyl (C=O) groups excluding carboxylic acids is 3. The lowest BCUT2D eigenvalue weighted by atomic mass is 10.1. The zero-order chi connectivity index (χ0) is 19.9. The largest absolute Gasteiger partial charge is 0.345 e. The van der Waals surface area contributed by atoms with Crippen molar-refractivity contribution < 1.29 is 14.4 Å². The van der Waals surface area contributed by atoms with E-state index in [0.717, 1.165) is 11.3 Å². The number of benzene rings is 2. The molecule has 1 unspecified atom stereocenters. The van der Waals surface area contributed by atoms with Crippen molar-refractivity contribution in [3.63, 3.8) is 0 Å². The van der Waals surface area contributed by atoms with Crippen LogP contribution in [0, 0.1) is 17.8 Å². The smallest absolute Gasteiger partial charge is 0.227 e. The molecule has 28 heavy (non-hydrogen) atoms. The molecule has 1 aliphatic rings. The number of rotatable bonds is 4. The molecule has 0 aliphatic carbocycles. The van der Waals surface area contributed by atoms with Crippen LogP contribution in [0.2, 0.25) is 0 Å². The van der Waals surface area contributed by atoms with Crippen LogP contribution >= 0.6 is 0 Å². The Bertz CT molecular complexity index is 927. The van der Waals surface area contributed by atoms with Gasteiger partial charge in [0.25, 0.3) is 0 Å². The molecule has 0 aromatic heterocycles. The maximum absolute atomic E-state index is 12.3. The number of carbonyl (C=O) groups is 3. The van der Waals surface area contributed by atoms with Crippen LogP contribution in [0.1, 0.15) is 18.9 Å². The van der Waals surface area contributed by atoms with E-state index in [1.165, 1.54) is 6.92 Å². The predicted octanol–water partition coefficient (Wildman–Crippen LogP) is 2.17. The van der Waals surface area contributed by atoms with Gasteiger partial charge in [0.1, 0.15) is 0 Å². The van der Waals surface area contributed by atoms with Crippen molar-refractivity contribution in [3.8, 4) is 11.8 Å². The third-order valence-electron chi connectivity index (χ3n) is 4.35. The molecule has 0 bridgehead atoms. The van der Waals surface area contributed by atoms with Crippen molar-refractivity contribution in [1.29, 1.82) is 0 Å². The maximum atomic E-state index is 12.3. The molecule has 3 rings (SSSR count). The summed E-state index contributed by atoms with van der Waals surface area (Å²) in [6, 6.07) is 16.5. The van der Waals surface area contributed by atoms with E-state index in [4.69, 9.17) is 0 Å². The summed E-state index contributed by atoms with van der Waals surface area (Å²) in [6.45, 7) is 2.04. The molecule has 142 valence electrons. The number of hydrogen-bond donors (Lipinski definition) is 2. The summed E-state index contributed by atoms with van der Waals surface area (Å²) in [5.74, 6) is 5.16.